The standard InChI is InChI=1S/C61H120NO8P/c1-6-8-10-12-14-16-18-19-20-21-22-23-24-25-26-27-28-29-30-31-32-33-34-35-36-37-38-39-40-41-42-43-44-46-47-49-51-53-60(63)67-57-59(58-69-71(65,66)68-56-55-62(3,4)5)70-61(64)54-52-50-48-45-17-15-13-11-9-7-2/h11,13,59H,6-10,12,14-58H2,1-5H3/b13-11-. The molecule has 0 aromatic carbocycles. The van der Waals surface area contributed by atoms with E-state index in [1.165, 1.54) is 225 Å². The van der Waals surface area contributed by atoms with Crippen molar-refractivity contribution in [3.05, 3.63) is 12.2 Å². The second-order valence-corrected chi connectivity index (χ2v) is 23.8. The van der Waals surface area contributed by atoms with Crippen molar-refractivity contribution in [2.45, 2.75) is 322 Å². The predicted molar refractivity (Wildman–Crippen MR) is 301 cm³/mol. The molecule has 10 heteroatoms. The molecule has 0 fully saturated rings. The van der Waals surface area contributed by atoms with Crippen molar-refractivity contribution in [1.82, 2.24) is 0 Å². The zero-order valence-corrected chi connectivity index (χ0v) is 48.8. The molecule has 71 heavy (non-hydrogen) atoms. The lowest BCUT2D eigenvalue weighted by molar-refractivity contribution is -0.870. The van der Waals surface area contributed by atoms with Crippen molar-refractivity contribution in [2.24, 2.45) is 0 Å². The van der Waals surface area contributed by atoms with Gasteiger partial charge in [0.25, 0.3) is 7.82 Å². The number of allylic oxidation sites excluding steroid dienone is 2. The van der Waals surface area contributed by atoms with E-state index >= 15 is 0 Å². The number of carbonyl (C=O) groups excluding carboxylic acids is 2. The summed E-state index contributed by atoms with van der Waals surface area (Å²) in [5.41, 5.74) is 0. The first-order valence-corrected chi connectivity index (χ1v) is 32.4. The highest BCUT2D eigenvalue weighted by Gasteiger charge is 2.22. The maximum Gasteiger partial charge on any atom is 0.306 e. The quantitative estimate of drug-likeness (QED) is 0.0195. The molecule has 0 aromatic rings. The minimum absolute atomic E-state index is 0.0292. The van der Waals surface area contributed by atoms with E-state index in [9.17, 15) is 19.0 Å². The molecule has 2 atom stereocenters. The number of rotatable bonds is 58. The lowest BCUT2D eigenvalue weighted by Crippen LogP contribution is -2.37. The fraction of sp³-hybridized carbons (Fsp3) is 0.934. The van der Waals surface area contributed by atoms with Gasteiger partial charge in [0.2, 0.25) is 0 Å². The Morgan fingerprint density at radius 1 is 0.423 bits per heavy atom. The van der Waals surface area contributed by atoms with Crippen molar-refractivity contribution in [2.75, 3.05) is 47.5 Å². The van der Waals surface area contributed by atoms with Crippen LogP contribution in [0.25, 0.3) is 0 Å². The Morgan fingerprint density at radius 3 is 1.10 bits per heavy atom. The summed E-state index contributed by atoms with van der Waals surface area (Å²) >= 11 is 0. The van der Waals surface area contributed by atoms with Crippen LogP contribution in [-0.4, -0.2) is 70.0 Å². The minimum atomic E-state index is -4.63. The summed E-state index contributed by atoms with van der Waals surface area (Å²) in [5, 5.41) is 0. The van der Waals surface area contributed by atoms with Gasteiger partial charge in [-0.25, -0.2) is 0 Å². The van der Waals surface area contributed by atoms with Crippen LogP contribution in [0.2, 0.25) is 0 Å². The van der Waals surface area contributed by atoms with Gasteiger partial charge in [-0.05, 0) is 32.1 Å². The van der Waals surface area contributed by atoms with Gasteiger partial charge in [0.1, 0.15) is 19.8 Å². The third kappa shape index (κ3) is 57.9. The van der Waals surface area contributed by atoms with E-state index in [-0.39, 0.29) is 32.0 Å². The van der Waals surface area contributed by atoms with Crippen LogP contribution in [0.1, 0.15) is 316 Å². The number of nitrogens with zero attached hydrogens (tertiary/aromatic N) is 1. The molecule has 422 valence electrons. The third-order valence-electron chi connectivity index (χ3n) is 14.0. The van der Waals surface area contributed by atoms with E-state index < -0.39 is 26.5 Å². The van der Waals surface area contributed by atoms with Gasteiger partial charge in [0.05, 0.1) is 27.7 Å². The number of phosphoric ester groups is 1. The van der Waals surface area contributed by atoms with Gasteiger partial charge in [0.15, 0.2) is 6.10 Å². The molecule has 0 aliphatic carbocycles. The number of likely N-dealkylation sites (N-methyl/N-ethyl adjacent to an activating group) is 1. The average Bonchev–Trinajstić information content (AvgIpc) is 3.33. The Hall–Kier alpha value is -1.25. The fourth-order valence-corrected chi connectivity index (χ4v) is 9.98. The van der Waals surface area contributed by atoms with Crippen LogP contribution < -0.4 is 4.89 Å². The van der Waals surface area contributed by atoms with Crippen LogP contribution in [-0.2, 0) is 32.7 Å². The number of unbranched alkanes of at least 4 members (excludes halogenated alkanes) is 42. The normalized spacial score (nSPS) is 13.3. The summed E-state index contributed by atoms with van der Waals surface area (Å²) < 4.78 is 34.0. The van der Waals surface area contributed by atoms with Crippen LogP contribution in [0, 0.1) is 0 Å². The second-order valence-electron chi connectivity index (χ2n) is 22.4. The van der Waals surface area contributed by atoms with E-state index in [2.05, 4.69) is 26.0 Å². The highest BCUT2D eigenvalue weighted by Crippen LogP contribution is 2.38. The molecular formula is C61H120NO8P. The van der Waals surface area contributed by atoms with E-state index in [0.29, 0.717) is 17.4 Å². The molecule has 0 amide bonds. The third-order valence-corrected chi connectivity index (χ3v) is 15.0. The van der Waals surface area contributed by atoms with Gasteiger partial charge >= 0.3 is 11.9 Å². The largest absolute Gasteiger partial charge is 0.756 e. The van der Waals surface area contributed by atoms with E-state index in [1.54, 1.807) is 0 Å². The molecule has 0 aromatic heterocycles. The summed E-state index contributed by atoms with van der Waals surface area (Å²) in [4.78, 5) is 37.7. The smallest absolute Gasteiger partial charge is 0.306 e. The Balaban J connectivity index is 3.78. The number of esters is 2. The van der Waals surface area contributed by atoms with Crippen molar-refractivity contribution >= 4 is 19.8 Å². The van der Waals surface area contributed by atoms with Crippen molar-refractivity contribution < 1.29 is 42.1 Å². The molecule has 2 unspecified atom stereocenters. The molecule has 0 spiro atoms. The first kappa shape index (κ1) is 69.8. The molecule has 0 aliphatic rings. The Morgan fingerprint density at radius 2 is 0.746 bits per heavy atom. The van der Waals surface area contributed by atoms with Gasteiger partial charge in [-0.15, -0.1) is 0 Å². The average molecular weight is 1030 g/mol. The van der Waals surface area contributed by atoms with Gasteiger partial charge in [-0.3, -0.25) is 14.2 Å². The van der Waals surface area contributed by atoms with Gasteiger partial charge in [-0.1, -0.05) is 283 Å². The number of ether oxygens (including phenoxy) is 2. The summed E-state index contributed by atoms with van der Waals surface area (Å²) in [6.45, 7) is 4.20. The maximum atomic E-state index is 12.7. The Labute approximate surface area is 441 Å². The van der Waals surface area contributed by atoms with Gasteiger partial charge in [0, 0.05) is 12.8 Å². The van der Waals surface area contributed by atoms with Gasteiger partial charge < -0.3 is 27.9 Å². The van der Waals surface area contributed by atoms with Crippen molar-refractivity contribution in [3.63, 3.8) is 0 Å². The van der Waals surface area contributed by atoms with Crippen LogP contribution in [0.5, 0.6) is 0 Å². The van der Waals surface area contributed by atoms with E-state index in [4.69, 9.17) is 18.5 Å². The molecule has 0 radical (unpaired) electrons. The number of hydrogen-bond donors (Lipinski definition) is 0. The van der Waals surface area contributed by atoms with E-state index in [1.807, 2.05) is 21.1 Å². The molecular weight excluding hydrogens is 906 g/mol. The highest BCUT2D eigenvalue weighted by molar-refractivity contribution is 7.45. The lowest BCUT2D eigenvalue weighted by atomic mass is 10.0. The van der Waals surface area contributed by atoms with E-state index in [0.717, 1.165) is 57.8 Å². The first-order valence-electron chi connectivity index (χ1n) is 30.9. The number of quaternary nitrogens is 1. The molecule has 0 heterocycles. The predicted octanol–water partition coefficient (Wildman–Crippen LogP) is 18.6. The lowest BCUT2D eigenvalue weighted by Gasteiger charge is -2.28. The van der Waals surface area contributed by atoms with Crippen LogP contribution >= 0.6 is 7.82 Å². The number of hydrogen-bond acceptors (Lipinski definition) is 8. The Bertz CT molecular complexity index is 1210. The molecule has 0 saturated carbocycles. The summed E-state index contributed by atoms with van der Waals surface area (Å²) in [7, 11) is 1.17. The zero-order chi connectivity index (χ0) is 52.0. The summed E-state index contributed by atoms with van der Waals surface area (Å²) in [6.07, 6.45) is 63.3. The maximum absolute atomic E-state index is 12.7. The molecule has 0 saturated heterocycles. The molecule has 0 aliphatic heterocycles. The molecule has 0 bridgehead atoms. The molecule has 9 nitrogen and oxygen atoms in total. The monoisotopic (exact) mass is 1030 g/mol. The van der Waals surface area contributed by atoms with Gasteiger partial charge in [-0.2, -0.15) is 0 Å². The second kappa shape index (κ2) is 53.6. The summed E-state index contributed by atoms with van der Waals surface area (Å²) in [5.74, 6) is -0.831. The first-order chi connectivity index (χ1) is 34.5. The minimum Gasteiger partial charge on any atom is -0.756 e. The zero-order valence-electron chi connectivity index (χ0n) is 48.0. The van der Waals surface area contributed by atoms with Crippen LogP contribution in [0.15, 0.2) is 12.2 Å². The summed E-state index contributed by atoms with van der Waals surface area (Å²) in [6, 6.07) is 0. The molecule has 0 rings (SSSR count). The van der Waals surface area contributed by atoms with Crippen LogP contribution in [0.4, 0.5) is 0 Å². The highest BCUT2D eigenvalue weighted by atomic mass is 31.2. The topological polar surface area (TPSA) is 111 Å². The number of carbonyl (C=O) groups is 2. The molecule has 0 N–H and O–H groups in total. The van der Waals surface area contributed by atoms with Crippen molar-refractivity contribution in [1.29, 1.82) is 0 Å². The van der Waals surface area contributed by atoms with Crippen molar-refractivity contribution in [3.8, 4) is 0 Å². The number of phosphoric acid groups is 1. The Kier molecular flexibility index (Phi) is 52.6. The SMILES string of the molecule is CCC/C=C\CCCCCCCC(=O)OC(COC(=O)CCCCCCCCCCCCCCCCCCCCCCCCCCCCCCCCCCCCCCC)COP(=O)([O-])OCC[N+](C)(C)C. The fourth-order valence-electron chi connectivity index (χ4n) is 9.25. The van der Waals surface area contributed by atoms with Crippen LogP contribution in [0.3, 0.4) is 0 Å².